The van der Waals surface area contributed by atoms with Crippen molar-refractivity contribution in [2.45, 2.75) is 44.1 Å². The third kappa shape index (κ3) is 3.46. The van der Waals surface area contributed by atoms with Gasteiger partial charge in [-0.2, -0.15) is 0 Å². The third-order valence-electron chi connectivity index (χ3n) is 5.39. The second kappa shape index (κ2) is 8.11. The Labute approximate surface area is 183 Å². The predicted molar refractivity (Wildman–Crippen MR) is 123 cm³/mol. The molecule has 0 bridgehead atoms. The molecule has 156 valence electrons. The Hall–Kier alpha value is -3.26. The summed E-state index contributed by atoms with van der Waals surface area (Å²) in [6, 6.07) is 15.5. The molecule has 5 aromatic rings. The van der Waals surface area contributed by atoms with Crippen LogP contribution in [0.25, 0.3) is 27.7 Å². The van der Waals surface area contributed by atoms with E-state index >= 15 is 0 Å². The molecule has 0 saturated heterocycles. The summed E-state index contributed by atoms with van der Waals surface area (Å²) in [7, 11) is 0. The van der Waals surface area contributed by atoms with E-state index in [1.807, 2.05) is 59.9 Å². The van der Waals surface area contributed by atoms with Crippen LogP contribution < -0.4 is 5.56 Å². The Morgan fingerprint density at radius 2 is 1.71 bits per heavy atom. The first-order valence-corrected chi connectivity index (χ1v) is 11.4. The molecule has 31 heavy (non-hydrogen) atoms. The van der Waals surface area contributed by atoms with Crippen LogP contribution in [0, 0.1) is 6.92 Å². The molecule has 0 radical (unpaired) electrons. The van der Waals surface area contributed by atoms with E-state index in [2.05, 4.69) is 22.1 Å². The first-order valence-electron chi connectivity index (χ1n) is 10.4. The van der Waals surface area contributed by atoms with Gasteiger partial charge in [0.2, 0.25) is 5.78 Å². The molecular weight excluding hydrogens is 408 g/mol. The van der Waals surface area contributed by atoms with Crippen molar-refractivity contribution in [2.75, 3.05) is 0 Å². The van der Waals surface area contributed by atoms with E-state index in [0.717, 1.165) is 45.9 Å². The average Bonchev–Trinajstić information content (AvgIpc) is 3.21. The molecule has 0 atom stereocenters. The Balaban J connectivity index is 1.59. The van der Waals surface area contributed by atoms with E-state index in [1.165, 1.54) is 0 Å². The number of unbranched alkanes of at least 4 members (excludes halogenated alkanes) is 1. The van der Waals surface area contributed by atoms with Gasteiger partial charge in [0.25, 0.3) is 5.56 Å². The quantitative estimate of drug-likeness (QED) is 0.372. The number of benzene rings is 2. The minimum absolute atomic E-state index is 0.0169. The van der Waals surface area contributed by atoms with Gasteiger partial charge >= 0.3 is 0 Å². The van der Waals surface area contributed by atoms with Crippen LogP contribution >= 0.6 is 11.8 Å². The summed E-state index contributed by atoms with van der Waals surface area (Å²) >= 11 is 1.56. The van der Waals surface area contributed by atoms with Crippen LogP contribution in [0.15, 0.2) is 58.5 Å². The lowest BCUT2D eigenvalue weighted by Crippen LogP contribution is -2.23. The van der Waals surface area contributed by atoms with Gasteiger partial charge in [0, 0.05) is 12.3 Å². The maximum absolute atomic E-state index is 13.1. The standard InChI is InChI=1S/C23H22N6OS/c1-3-4-13-28-21(30)16-9-5-8-12-20(16)29-22(28)26-27-23(29)31-14-19-15(2)24-17-10-6-7-11-18(17)25-19/h5-12H,3-4,13-14H2,1-2H3. The maximum atomic E-state index is 13.1. The van der Waals surface area contributed by atoms with Crippen molar-refractivity contribution >= 4 is 39.5 Å². The lowest BCUT2D eigenvalue weighted by atomic mass is 10.2. The van der Waals surface area contributed by atoms with E-state index in [9.17, 15) is 4.79 Å². The molecule has 0 amide bonds. The van der Waals surface area contributed by atoms with Crippen molar-refractivity contribution in [2.24, 2.45) is 0 Å². The van der Waals surface area contributed by atoms with Crippen LogP contribution in [0.4, 0.5) is 0 Å². The number of thioether (sulfide) groups is 1. The first-order chi connectivity index (χ1) is 15.2. The van der Waals surface area contributed by atoms with Crippen molar-refractivity contribution in [1.82, 2.24) is 29.1 Å². The van der Waals surface area contributed by atoms with E-state index in [1.54, 1.807) is 16.3 Å². The van der Waals surface area contributed by atoms with Crippen molar-refractivity contribution in [3.8, 4) is 0 Å². The number of aryl methyl sites for hydroxylation is 2. The number of hydrogen-bond acceptors (Lipinski definition) is 6. The van der Waals surface area contributed by atoms with Crippen LogP contribution in [0.1, 0.15) is 31.2 Å². The molecule has 0 aliphatic rings. The fraction of sp³-hybridized carbons (Fsp3) is 0.261. The summed E-state index contributed by atoms with van der Waals surface area (Å²) in [5.74, 6) is 1.20. The number of hydrogen-bond donors (Lipinski definition) is 0. The zero-order chi connectivity index (χ0) is 21.4. The molecular formula is C23H22N6OS. The fourth-order valence-electron chi connectivity index (χ4n) is 3.74. The van der Waals surface area contributed by atoms with Gasteiger partial charge in [-0.15, -0.1) is 10.2 Å². The molecule has 2 aromatic carbocycles. The van der Waals surface area contributed by atoms with Gasteiger partial charge in [0.15, 0.2) is 5.16 Å². The van der Waals surface area contributed by atoms with Crippen LogP contribution in [0.2, 0.25) is 0 Å². The lowest BCUT2D eigenvalue weighted by molar-refractivity contribution is 0.620. The van der Waals surface area contributed by atoms with Crippen molar-refractivity contribution < 1.29 is 0 Å². The highest BCUT2D eigenvalue weighted by Crippen LogP contribution is 2.25. The van der Waals surface area contributed by atoms with Crippen molar-refractivity contribution in [1.29, 1.82) is 0 Å². The van der Waals surface area contributed by atoms with Gasteiger partial charge < -0.3 is 0 Å². The maximum Gasteiger partial charge on any atom is 0.262 e. The highest BCUT2D eigenvalue weighted by molar-refractivity contribution is 7.98. The number of rotatable bonds is 6. The molecule has 0 aliphatic carbocycles. The second-order valence-corrected chi connectivity index (χ2v) is 8.42. The summed E-state index contributed by atoms with van der Waals surface area (Å²) in [5.41, 5.74) is 4.41. The summed E-state index contributed by atoms with van der Waals surface area (Å²) in [4.78, 5) is 22.5. The van der Waals surface area contributed by atoms with Crippen LogP contribution in [0.5, 0.6) is 0 Å². The third-order valence-corrected chi connectivity index (χ3v) is 6.33. The van der Waals surface area contributed by atoms with E-state index < -0.39 is 0 Å². The largest absolute Gasteiger partial charge is 0.276 e. The summed E-state index contributed by atoms with van der Waals surface area (Å²) in [6.07, 6.45) is 1.91. The number of aromatic nitrogens is 6. The highest BCUT2D eigenvalue weighted by atomic mass is 32.2. The van der Waals surface area contributed by atoms with Gasteiger partial charge in [-0.05, 0) is 37.6 Å². The van der Waals surface area contributed by atoms with Gasteiger partial charge in [0.1, 0.15) is 0 Å². The SMILES string of the molecule is CCCCn1c(=O)c2ccccc2n2c(SCc3nc4ccccc4nc3C)nnc12. The van der Waals surface area contributed by atoms with E-state index in [0.29, 0.717) is 23.5 Å². The molecule has 0 unspecified atom stereocenters. The van der Waals surface area contributed by atoms with Gasteiger partial charge in [-0.3, -0.25) is 13.8 Å². The normalized spacial score (nSPS) is 11.7. The smallest absolute Gasteiger partial charge is 0.262 e. The Morgan fingerprint density at radius 3 is 2.52 bits per heavy atom. The van der Waals surface area contributed by atoms with Crippen molar-refractivity contribution in [3.05, 3.63) is 70.3 Å². The molecule has 3 heterocycles. The van der Waals surface area contributed by atoms with Crippen LogP contribution in [-0.4, -0.2) is 29.1 Å². The second-order valence-electron chi connectivity index (χ2n) is 7.48. The van der Waals surface area contributed by atoms with Gasteiger partial charge in [0.05, 0.1) is 33.3 Å². The predicted octanol–water partition coefficient (Wildman–Crippen LogP) is 4.39. The van der Waals surface area contributed by atoms with Gasteiger partial charge in [-0.25, -0.2) is 9.97 Å². The summed E-state index contributed by atoms with van der Waals surface area (Å²) < 4.78 is 3.73. The Bertz CT molecular complexity index is 1470. The fourth-order valence-corrected chi connectivity index (χ4v) is 4.69. The molecule has 0 fully saturated rings. The molecule has 7 nitrogen and oxygen atoms in total. The lowest BCUT2D eigenvalue weighted by Gasteiger charge is -2.11. The number of fused-ring (bicyclic) bond motifs is 4. The van der Waals surface area contributed by atoms with Crippen LogP contribution in [0.3, 0.4) is 0 Å². The Morgan fingerprint density at radius 1 is 0.968 bits per heavy atom. The van der Waals surface area contributed by atoms with Gasteiger partial charge in [-0.1, -0.05) is 49.4 Å². The molecule has 0 spiro atoms. The van der Waals surface area contributed by atoms with Crippen molar-refractivity contribution in [3.63, 3.8) is 0 Å². The molecule has 0 saturated carbocycles. The topological polar surface area (TPSA) is 78.0 Å². The highest BCUT2D eigenvalue weighted by Gasteiger charge is 2.17. The summed E-state index contributed by atoms with van der Waals surface area (Å²) in [5, 5.41) is 10.2. The molecule has 3 aromatic heterocycles. The average molecular weight is 431 g/mol. The van der Waals surface area contributed by atoms with Crippen LogP contribution in [-0.2, 0) is 12.3 Å². The zero-order valence-electron chi connectivity index (χ0n) is 17.4. The molecule has 0 aliphatic heterocycles. The first kappa shape index (κ1) is 19.7. The minimum Gasteiger partial charge on any atom is -0.276 e. The molecule has 8 heteroatoms. The number of para-hydroxylation sites is 3. The summed E-state index contributed by atoms with van der Waals surface area (Å²) in [6.45, 7) is 4.72. The number of nitrogens with zero attached hydrogens (tertiary/aromatic N) is 6. The molecule has 0 N–H and O–H groups in total. The van der Waals surface area contributed by atoms with E-state index in [-0.39, 0.29) is 5.56 Å². The minimum atomic E-state index is -0.0169. The van der Waals surface area contributed by atoms with E-state index in [4.69, 9.17) is 4.98 Å². The monoisotopic (exact) mass is 430 g/mol. The zero-order valence-corrected chi connectivity index (χ0v) is 18.3. The molecule has 5 rings (SSSR count). The Kier molecular flexibility index (Phi) is 5.15.